The van der Waals surface area contributed by atoms with E-state index in [4.69, 9.17) is 9.57 Å². The van der Waals surface area contributed by atoms with E-state index in [1.54, 1.807) is 5.01 Å². The monoisotopic (exact) mass is 271 g/mol. The molecule has 2 fully saturated rings. The second kappa shape index (κ2) is 4.33. The quantitative estimate of drug-likeness (QED) is 0.720. The predicted molar refractivity (Wildman–Crippen MR) is 70.7 cm³/mol. The molecule has 2 aliphatic heterocycles. The van der Waals surface area contributed by atoms with Gasteiger partial charge in [0.1, 0.15) is 0 Å². The van der Waals surface area contributed by atoms with Crippen molar-refractivity contribution in [3.05, 3.63) is 0 Å². The van der Waals surface area contributed by atoms with Crippen LogP contribution in [-0.2, 0) is 9.57 Å². The van der Waals surface area contributed by atoms with Gasteiger partial charge in [-0.05, 0) is 48.5 Å². The summed E-state index contributed by atoms with van der Waals surface area (Å²) in [5.41, 5.74) is -0.190. The number of rotatable bonds is 2. The molecule has 4 unspecified atom stereocenters. The highest BCUT2D eigenvalue weighted by Gasteiger charge is 2.67. The average Bonchev–Trinajstić information content (AvgIpc) is 3.07. The Kier molecular flexibility index (Phi) is 3.32. The van der Waals surface area contributed by atoms with E-state index >= 15 is 0 Å². The fourth-order valence-corrected chi connectivity index (χ4v) is 2.34. The minimum atomic E-state index is -0.299. The molecule has 6 nitrogen and oxygen atoms in total. The molecule has 2 saturated heterocycles. The molecule has 6 heteroatoms. The van der Waals surface area contributed by atoms with Crippen LogP contribution in [0.3, 0.4) is 0 Å². The number of amides is 1. The Labute approximate surface area is 115 Å². The van der Waals surface area contributed by atoms with E-state index in [-0.39, 0.29) is 29.6 Å². The van der Waals surface area contributed by atoms with Crippen molar-refractivity contribution in [2.24, 2.45) is 0 Å². The van der Waals surface area contributed by atoms with Crippen molar-refractivity contribution in [2.75, 3.05) is 6.61 Å². The molecule has 0 saturated carbocycles. The van der Waals surface area contributed by atoms with Crippen LogP contribution in [0, 0.1) is 0 Å². The smallest absolute Gasteiger partial charge is 0.426 e. The maximum Gasteiger partial charge on any atom is 0.426 e. The summed E-state index contributed by atoms with van der Waals surface area (Å²) >= 11 is 0. The molecule has 19 heavy (non-hydrogen) atoms. The number of ether oxygens (including phenoxy) is 1. The van der Waals surface area contributed by atoms with Crippen LogP contribution < -0.4 is 0 Å². The zero-order valence-corrected chi connectivity index (χ0v) is 12.9. The standard InChI is InChI=1S/C13H25N3O3/c1-8-18-11(17)14-9(15(14)12(2,3)4)10-16(19-10)13(5,6)7/h9-10H,8H2,1-7H3. The van der Waals surface area contributed by atoms with Crippen molar-refractivity contribution >= 4 is 6.09 Å². The Balaban J connectivity index is 2.06. The van der Waals surface area contributed by atoms with Crippen molar-refractivity contribution in [3.8, 4) is 0 Å². The van der Waals surface area contributed by atoms with E-state index in [1.165, 1.54) is 0 Å². The minimum Gasteiger partial charge on any atom is -0.449 e. The second-order valence-electron chi connectivity index (χ2n) is 6.97. The van der Waals surface area contributed by atoms with Gasteiger partial charge in [0.15, 0.2) is 12.4 Å². The molecular formula is C13H25N3O3. The number of hydrogen-bond acceptors (Lipinski definition) is 5. The highest BCUT2D eigenvalue weighted by atomic mass is 16.8. The van der Waals surface area contributed by atoms with Crippen LogP contribution in [0.25, 0.3) is 0 Å². The Morgan fingerprint density at radius 1 is 1.16 bits per heavy atom. The number of hydrazine groups is 1. The maximum absolute atomic E-state index is 11.9. The van der Waals surface area contributed by atoms with Gasteiger partial charge in [0, 0.05) is 11.1 Å². The van der Waals surface area contributed by atoms with Gasteiger partial charge in [-0.2, -0.15) is 5.01 Å². The van der Waals surface area contributed by atoms with Gasteiger partial charge in [-0.1, -0.05) is 0 Å². The number of nitrogens with zero attached hydrogens (tertiary/aromatic N) is 3. The van der Waals surface area contributed by atoms with Crippen molar-refractivity contribution in [1.29, 1.82) is 0 Å². The zero-order chi connectivity index (χ0) is 14.6. The van der Waals surface area contributed by atoms with Gasteiger partial charge in [-0.25, -0.2) is 9.80 Å². The lowest BCUT2D eigenvalue weighted by atomic mass is 10.1. The van der Waals surface area contributed by atoms with Gasteiger partial charge in [0.05, 0.1) is 6.61 Å². The lowest BCUT2D eigenvalue weighted by molar-refractivity contribution is 0.100. The molecule has 4 atom stereocenters. The highest BCUT2D eigenvalue weighted by Crippen LogP contribution is 2.47. The fourth-order valence-electron chi connectivity index (χ4n) is 2.34. The molecule has 0 aromatic heterocycles. The fraction of sp³-hybridized carbons (Fsp3) is 0.923. The van der Waals surface area contributed by atoms with Crippen molar-refractivity contribution in [2.45, 2.75) is 71.9 Å². The first-order chi connectivity index (χ1) is 8.59. The SMILES string of the molecule is CCOC(=O)N1C(C2ON2C(C)(C)C)N1C(C)(C)C. The van der Waals surface area contributed by atoms with E-state index in [9.17, 15) is 4.79 Å². The summed E-state index contributed by atoms with van der Waals surface area (Å²) in [6.45, 7) is 14.7. The zero-order valence-electron chi connectivity index (χ0n) is 12.9. The number of carbonyl (C=O) groups excluding carboxylic acids is 1. The molecular weight excluding hydrogens is 246 g/mol. The summed E-state index contributed by atoms with van der Waals surface area (Å²) in [7, 11) is 0. The molecule has 0 bridgehead atoms. The maximum atomic E-state index is 11.9. The molecule has 0 aromatic carbocycles. The van der Waals surface area contributed by atoms with Crippen LogP contribution >= 0.6 is 0 Å². The third-order valence-corrected chi connectivity index (χ3v) is 3.14. The van der Waals surface area contributed by atoms with Gasteiger partial charge >= 0.3 is 6.09 Å². The second-order valence-corrected chi connectivity index (χ2v) is 6.97. The number of hydroxylamine groups is 2. The van der Waals surface area contributed by atoms with Gasteiger partial charge in [0.2, 0.25) is 0 Å². The largest absolute Gasteiger partial charge is 0.449 e. The summed E-state index contributed by atoms with van der Waals surface area (Å²) in [4.78, 5) is 17.6. The summed E-state index contributed by atoms with van der Waals surface area (Å²) in [6, 6.07) is 0. The van der Waals surface area contributed by atoms with E-state index in [2.05, 4.69) is 41.5 Å². The first-order valence-electron chi connectivity index (χ1n) is 6.80. The van der Waals surface area contributed by atoms with Crippen LogP contribution in [0.2, 0.25) is 0 Å². The summed E-state index contributed by atoms with van der Waals surface area (Å²) in [6.07, 6.45) is -0.423. The third kappa shape index (κ3) is 2.70. The topological polar surface area (TPSA) is 47.9 Å². The molecule has 1 amide bonds. The molecule has 0 spiro atoms. The van der Waals surface area contributed by atoms with Crippen LogP contribution in [0.4, 0.5) is 4.79 Å². The lowest BCUT2D eigenvalue weighted by Gasteiger charge is -2.20. The first-order valence-corrected chi connectivity index (χ1v) is 6.80. The van der Waals surface area contributed by atoms with Crippen LogP contribution in [-0.4, -0.2) is 51.3 Å². The molecule has 0 aromatic rings. The van der Waals surface area contributed by atoms with Crippen molar-refractivity contribution in [3.63, 3.8) is 0 Å². The molecule has 0 aliphatic carbocycles. The molecule has 0 radical (unpaired) electrons. The number of carbonyl (C=O) groups is 1. The highest BCUT2D eigenvalue weighted by molar-refractivity contribution is 5.70. The van der Waals surface area contributed by atoms with Crippen molar-refractivity contribution < 1.29 is 14.4 Å². The van der Waals surface area contributed by atoms with Gasteiger partial charge in [-0.3, -0.25) is 4.84 Å². The molecule has 110 valence electrons. The Morgan fingerprint density at radius 3 is 2.11 bits per heavy atom. The van der Waals surface area contributed by atoms with E-state index < -0.39 is 0 Å². The van der Waals surface area contributed by atoms with E-state index in [1.807, 2.05) is 17.0 Å². The first kappa shape index (κ1) is 14.6. The Morgan fingerprint density at radius 2 is 1.74 bits per heavy atom. The normalized spacial score (nSPS) is 34.2. The Bertz CT molecular complexity index is 372. The average molecular weight is 271 g/mol. The summed E-state index contributed by atoms with van der Waals surface area (Å²) in [5, 5.41) is 5.59. The van der Waals surface area contributed by atoms with Gasteiger partial charge in [-0.15, -0.1) is 5.06 Å². The van der Waals surface area contributed by atoms with Crippen LogP contribution in [0.1, 0.15) is 48.5 Å². The molecule has 2 aliphatic rings. The van der Waals surface area contributed by atoms with Gasteiger partial charge in [0.25, 0.3) is 0 Å². The van der Waals surface area contributed by atoms with E-state index in [0.29, 0.717) is 6.61 Å². The van der Waals surface area contributed by atoms with Gasteiger partial charge < -0.3 is 4.74 Å². The lowest BCUT2D eigenvalue weighted by Crippen LogP contribution is -2.33. The molecule has 2 heterocycles. The Hall–Kier alpha value is -0.850. The minimum absolute atomic E-state index is 0.0572. The molecule has 0 N–H and O–H groups in total. The predicted octanol–water partition coefficient (Wildman–Crippen LogP) is 2.17. The third-order valence-electron chi connectivity index (χ3n) is 3.14. The number of hydrogen-bond donors (Lipinski definition) is 0. The van der Waals surface area contributed by atoms with Crippen LogP contribution in [0.15, 0.2) is 0 Å². The van der Waals surface area contributed by atoms with Crippen molar-refractivity contribution in [1.82, 2.24) is 15.1 Å². The van der Waals surface area contributed by atoms with Crippen LogP contribution in [0.5, 0.6) is 0 Å². The summed E-state index contributed by atoms with van der Waals surface area (Å²) in [5.74, 6) is 0. The molecule has 2 rings (SSSR count). The van der Waals surface area contributed by atoms with E-state index in [0.717, 1.165) is 0 Å². The summed E-state index contributed by atoms with van der Waals surface area (Å²) < 4.78 is 5.09.